The number of carbonyl (C=O) groups excluding carboxylic acids is 2. The van der Waals surface area contributed by atoms with Crippen molar-refractivity contribution < 1.29 is 19.5 Å². The lowest BCUT2D eigenvalue weighted by Crippen LogP contribution is -2.28. The lowest BCUT2D eigenvalue weighted by atomic mass is 9.85. The first-order valence-corrected chi connectivity index (χ1v) is 13.4. The molecular formula is C33H27N5O4. The summed E-state index contributed by atoms with van der Waals surface area (Å²) in [7, 11) is 0. The van der Waals surface area contributed by atoms with E-state index in [1.807, 2.05) is 60.7 Å². The molecule has 0 fully saturated rings. The van der Waals surface area contributed by atoms with Crippen molar-refractivity contribution in [3.63, 3.8) is 0 Å². The molecule has 0 radical (unpaired) electrons. The number of H-pyrrole nitrogens is 1. The highest BCUT2D eigenvalue weighted by molar-refractivity contribution is 6.24. The van der Waals surface area contributed by atoms with Gasteiger partial charge in [0.05, 0.1) is 27.8 Å². The fourth-order valence-corrected chi connectivity index (χ4v) is 4.98. The fraction of sp³-hybridized carbons (Fsp3) is 0.121. The summed E-state index contributed by atoms with van der Waals surface area (Å²) in [5.74, 6) is -2.06. The van der Waals surface area contributed by atoms with Gasteiger partial charge in [-0.15, -0.1) is 0 Å². The molecule has 9 nitrogen and oxygen atoms in total. The number of aliphatic carboxylic acids is 1. The average molecular weight is 558 g/mol. The number of imidazole rings is 1. The maximum atomic E-state index is 13.4. The number of carboxylic acid groups (broad SMARTS) is 1. The molecule has 1 aromatic heterocycles. The van der Waals surface area contributed by atoms with Gasteiger partial charge in [-0.1, -0.05) is 60.7 Å². The highest BCUT2D eigenvalue weighted by Crippen LogP contribution is 2.38. The largest absolute Gasteiger partial charge is 0.481 e. The maximum absolute atomic E-state index is 13.4. The van der Waals surface area contributed by atoms with Crippen LogP contribution in [-0.4, -0.2) is 38.6 Å². The molecule has 0 spiro atoms. The van der Waals surface area contributed by atoms with E-state index in [0.717, 1.165) is 16.6 Å². The summed E-state index contributed by atoms with van der Waals surface area (Å²) in [6.07, 6.45) is 0. The Kier molecular flexibility index (Phi) is 6.62. The fourth-order valence-electron chi connectivity index (χ4n) is 4.98. The number of rotatable bonds is 7. The van der Waals surface area contributed by atoms with Crippen LogP contribution in [-0.2, 0) is 15.0 Å². The zero-order valence-corrected chi connectivity index (χ0v) is 22.9. The molecule has 42 heavy (non-hydrogen) atoms. The summed E-state index contributed by atoms with van der Waals surface area (Å²) in [5.41, 5.74) is 4.80. The van der Waals surface area contributed by atoms with Crippen molar-refractivity contribution in [2.45, 2.75) is 25.2 Å². The van der Waals surface area contributed by atoms with E-state index in [1.54, 1.807) is 50.2 Å². The van der Waals surface area contributed by atoms with E-state index in [2.05, 4.69) is 20.6 Å². The zero-order chi connectivity index (χ0) is 29.4. The number of aliphatic imine (C=N–C) groups is 1. The van der Waals surface area contributed by atoms with Crippen molar-refractivity contribution in [2.24, 2.45) is 4.99 Å². The SMILES string of the molecule is CC(C)(C(=O)O)c1ccc(N=C(c2ccccc2)C2C(=O)Nc3cc(NC(=O)c4nc5ccccc5[nH]4)ccc32)cc1. The Labute approximate surface area is 241 Å². The molecular weight excluding hydrogens is 530 g/mol. The standard InChI is InChI=1S/C33H27N5O4/c1-33(2,32(41)42)20-12-14-21(15-13-20)34-28(19-8-4-3-5-9-19)27-23-17-16-22(18-26(23)38-30(27)39)35-31(40)29-36-24-10-6-7-11-25(24)37-29/h3-18,27H,1-2H3,(H,35,40)(H,36,37)(H,38,39)(H,41,42). The molecule has 1 aliphatic rings. The molecule has 208 valence electrons. The molecule has 9 heteroatoms. The van der Waals surface area contributed by atoms with E-state index in [4.69, 9.17) is 4.99 Å². The quantitative estimate of drug-likeness (QED) is 0.181. The minimum atomic E-state index is -1.05. The van der Waals surface area contributed by atoms with Crippen molar-refractivity contribution in [1.82, 2.24) is 9.97 Å². The monoisotopic (exact) mass is 557 g/mol. The van der Waals surface area contributed by atoms with Crippen molar-refractivity contribution in [3.05, 3.63) is 120 Å². The van der Waals surface area contributed by atoms with Gasteiger partial charge < -0.3 is 20.7 Å². The number of anilines is 2. The van der Waals surface area contributed by atoms with Gasteiger partial charge >= 0.3 is 5.97 Å². The Morgan fingerprint density at radius 3 is 2.36 bits per heavy atom. The number of carboxylic acids is 1. The third-order valence-electron chi connectivity index (χ3n) is 7.46. The third-order valence-corrected chi connectivity index (χ3v) is 7.46. The number of benzene rings is 4. The minimum absolute atomic E-state index is 0.190. The molecule has 4 aromatic carbocycles. The number of hydrogen-bond donors (Lipinski definition) is 4. The summed E-state index contributed by atoms with van der Waals surface area (Å²) in [6, 6.07) is 29.1. The average Bonchev–Trinajstić information content (AvgIpc) is 3.57. The smallest absolute Gasteiger partial charge is 0.313 e. The van der Waals surface area contributed by atoms with Crippen molar-refractivity contribution in [1.29, 1.82) is 0 Å². The van der Waals surface area contributed by atoms with Gasteiger partial charge in [-0.05, 0) is 66.9 Å². The van der Waals surface area contributed by atoms with Gasteiger partial charge in [-0.25, -0.2) is 4.98 Å². The number of aromatic nitrogens is 2. The molecule has 6 rings (SSSR count). The van der Waals surface area contributed by atoms with E-state index < -0.39 is 23.2 Å². The second-order valence-corrected chi connectivity index (χ2v) is 10.6. The van der Waals surface area contributed by atoms with E-state index >= 15 is 0 Å². The molecule has 0 saturated carbocycles. The molecule has 0 bridgehead atoms. The summed E-state index contributed by atoms with van der Waals surface area (Å²) in [4.78, 5) is 50.2. The third kappa shape index (κ3) is 4.92. The highest BCUT2D eigenvalue weighted by Gasteiger charge is 2.36. The van der Waals surface area contributed by atoms with E-state index in [1.165, 1.54) is 0 Å². The Hall–Kier alpha value is -5.57. The van der Waals surface area contributed by atoms with Gasteiger partial charge in [0.25, 0.3) is 5.91 Å². The van der Waals surface area contributed by atoms with Crippen LogP contribution >= 0.6 is 0 Å². The molecule has 1 unspecified atom stereocenters. The van der Waals surface area contributed by atoms with Crippen LogP contribution in [0.2, 0.25) is 0 Å². The number of aromatic amines is 1. The first-order valence-electron chi connectivity index (χ1n) is 13.4. The Morgan fingerprint density at radius 2 is 1.64 bits per heavy atom. The van der Waals surface area contributed by atoms with Crippen LogP contribution in [0.15, 0.2) is 102 Å². The topological polar surface area (TPSA) is 137 Å². The van der Waals surface area contributed by atoms with E-state index in [-0.39, 0.29) is 11.7 Å². The van der Waals surface area contributed by atoms with Crippen molar-refractivity contribution >= 4 is 51.6 Å². The first-order chi connectivity index (χ1) is 20.2. The van der Waals surface area contributed by atoms with Crippen LogP contribution in [0.1, 0.15) is 47.1 Å². The van der Waals surface area contributed by atoms with Crippen LogP contribution < -0.4 is 10.6 Å². The molecule has 2 heterocycles. The molecule has 0 aliphatic carbocycles. The number of amides is 2. The highest BCUT2D eigenvalue weighted by atomic mass is 16.4. The number of nitrogens with zero attached hydrogens (tertiary/aromatic N) is 2. The van der Waals surface area contributed by atoms with Crippen LogP contribution in [0.4, 0.5) is 17.1 Å². The number of fused-ring (bicyclic) bond motifs is 2. The molecule has 5 aromatic rings. The molecule has 0 saturated heterocycles. The predicted molar refractivity (Wildman–Crippen MR) is 162 cm³/mol. The van der Waals surface area contributed by atoms with Crippen LogP contribution in [0.25, 0.3) is 11.0 Å². The van der Waals surface area contributed by atoms with Crippen molar-refractivity contribution in [2.75, 3.05) is 10.6 Å². The van der Waals surface area contributed by atoms with Gasteiger partial charge in [-0.2, -0.15) is 0 Å². The summed E-state index contributed by atoms with van der Waals surface area (Å²) in [5, 5.41) is 15.4. The minimum Gasteiger partial charge on any atom is -0.481 e. The van der Waals surface area contributed by atoms with Gasteiger partial charge in [-0.3, -0.25) is 19.4 Å². The zero-order valence-electron chi connectivity index (χ0n) is 22.9. The summed E-state index contributed by atoms with van der Waals surface area (Å²) < 4.78 is 0. The van der Waals surface area contributed by atoms with Crippen LogP contribution in [0.3, 0.4) is 0 Å². The lowest BCUT2D eigenvalue weighted by Gasteiger charge is -2.19. The van der Waals surface area contributed by atoms with Gasteiger partial charge in [0.2, 0.25) is 5.91 Å². The molecule has 1 aliphatic heterocycles. The molecule has 2 amide bonds. The van der Waals surface area contributed by atoms with E-state index in [9.17, 15) is 19.5 Å². The van der Waals surface area contributed by atoms with Gasteiger partial charge in [0.1, 0.15) is 5.92 Å². The maximum Gasteiger partial charge on any atom is 0.313 e. The number of nitrogens with one attached hydrogen (secondary N) is 3. The predicted octanol–water partition coefficient (Wildman–Crippen LogP) is 6.03. The van der Waals surface area contributed by atoms with Gasteiger partial charge in [0, 0.05) is 11.4 Å². The summed E-state index contributed by atoms with van der Waals surface area (Å²) in [6.45, 7) is 3.30. The Bertz CT molecular complexity index is 1840. The number of carbonyl (C=O) groups is 3. The van der Waals surface area contributed by atoms with E-state index in [0.29, 0.717) is 33.9 Å². The Morgan fingerprint density at radius 1 is 0.929 bits per heavy atom. The number of hydrogen-bond acceptors (Lipinski definition) is 5. The van der Waals surface area contributed by atoms with Crippen LogP contribution in [0.5, 0.6) is 0 Å². The first kappa shape index (κ1) is 26.6. The summed E-state index contributed by atoms with van der Waals surface area (Å²) >= 11 is 0. The molecule has 1 atom stereocenters. The second-order valence-electron chi connectivity index (χ2n) is 10.6. The van der Waals surface area contributed by atoms with Crippen LogP contribution in [0, 0.1) is 0 Å². The van der Waals surface area contributed by atoms with Crippen molar-refractivity contribution in [3.8, 4) is 0 Å². The Balaban J connectivity index is 1.32. The van der Waals surface area contributed by atoms with Gasteiger partial charge in [0.15, 0.2) is 5.82 Å². The normalized spacial score (nSPS) is 14.9. The second kappa shape index (κ2) is 10.4. The number of para-hydroxylation sites is 2. The lowest BCUT2D eigenvalue weighted by molar-refractivity contribution is -0.142. The molecule has 4 N–H and O–H groups in total.